The Balaban J connectivity index is 2.01. The largest absolute Gasteiger partial charge is 0.489 e. The topological polar surface area (TPSA) is 90.7 Å². The third-order valence-electron chi connectivity index (χ3n) is 2.66. The summed E-state index contributed by atoms with van der Waals surface area (Å²) in [6, 6.07) is 4.11. The van der Waals surface area contributed by atoms with Gasteiger partial charge in [-0.25, -0.2) is 13.6 Å². The van der Waals surface area contributed by atoms with Crippen molar-refractivity contribution in [3.63, 3.8) is 0 Å². The fraction of sp³-hybridized carbons (Fsp3) is 0.455. The monoisotopic (exact) mass is 306 g/mol. The van der Waals surface area contributed by atoms with Crippen LogP contribution in [0.4, 0.5) is 0 Å². The second kappa shape index (κ2) is 6.06. The average molecular weight is 307 g/mol. The van der Waals surface area contributed by atoms with Gasteiger partial charge in [0.2, 0.25) is 10.0 Å². The van der Waals surface area contributed by atoms with E-state index in [0.29, 0.717) is 25.5 Å². The highest BCUT2D eigenvalue weighted by Gasteiger charge is 2.16. The van der Waals surface area contributed by atoms with Crippen molar-refractivity contribution in [1.29, 1.82) is 0 Å². The van der Waals surface area contributed by atoms with Crippen LogP contribution >= 0.6 is 11.6 Å². The van der Waals surface area contributed by atoms with Crippen molar-refractivity contribution in [2.75, 3.05) is 26.3 Å². The molecule has 1 aromatic carbocycles. The van der Waals surface area contributed by atoms with E-state index in [2.05, 4.69) is 5.32 Å². The van der Waals surface area contributed by atoms with E-state index in [1.807, 2.05) is 0 Å². The molecule has 1 fully saturated rings. The quantitative estimate of drug-likeness (QED) is 0.838. The summed E-state index contributed by atoms with van der Waals surface area (Å²) in [7, 11) is -3.75. The van der Waals surface area contributed by atoms with Crippen LogP contribution in [0, 0.1) is 0 Å². The number of nitrogens with one attached hydrogen (secondary N) is 1. The Hall–Kier alpha value is -0.860. The predicted octanol–water partition coefficient (Wildman–Crippen LogP) is 0.355. The Morgan fingerprint density at radius 3 is 2.89 bits per heavy atom. The molecule has 0 unspecified atom stereocenters. The van der Waals surface area contributed by atoms with Crippen LogP contribution in [-0.4, -0.2) is 40.8 Å². The molecular formula is C11H15ClN2O4S. The molecule has 2 rings (SSSR count). The van der Waals surface area contributed by atoms with Gasteiger partial charge in [0.25, 0.3) is 0 Å². The Kier molecular flexibility index (Phi) is 4.64. The minimum atomic E-state index is -3.75. The van der Waals surface area contributed by atoms with Crippen molar-refractivity contribution >= 4 is 21.6 Å². The molecule has 1 atom stereocenters. The van der Waals surface area contributed by atoms with Crippen molar-refractivity contribution in [3.05, 3.63) is 23.2 Å². The molecule has 8 heteroatoms. The van der Waals surface area contributed by atoms with Gasteiger partial charge in [0.1, 0.15) is 18.5 Å². The molecule has 0 spiro atoms. The van der Waals surface area contributed by atoms with Crippen molar-refractivity contribution in [1.82, 2.24) is 5.32 Å². The van der Waals surface area contributed by atoms with Crippen LogP contribution in [-0.2, 0) is 14.8 Å². The van der Waals surface area contributed by atoms with Gasteiger partial charge in [-0.3, -0.25) is 0 Å². The van der Waals surface area contributed by atoms with Crippen molar-refractivity contribution in [3.8, 4) is 5.75 Å². The molecule has 0 aromatic heterocycles. The van der Waals surface area contributed by atoms with Gasteiger partial charge in [-0.1, -0.05) is 11.6 Å². The lowest BCUT2D eigenvalue weighted by Crippen LogP contribution is -2.41. The zero-order chi connectivity index (χ0) is 13.9. The van der Waals surface area contributed by atoms with E-state index >= 15 is 0 Å². The molecule has 106 valence electrons. The molecule has 0 radical (unpaired) electrons. The van der Waals surface area contributed by atoms with E-state index in [1.54, 1.807) is 0 Å². The van der Waals surface area contributed by atoms with Crippen LogP contribution in [0.1, 0.15) is 0 Å². The zero-order valence-electron chi connectivity index (χ0n) is 10.1. The van der Waals surface area contributed by atoms with Crippen LogP contribution in [0.25, 0.3) is 0 Å². The molecule has 3 N–H and O–H groups in total. The van der Waals surface area contributed by atoms with Gasteiger partial charge in [-0.2, -0.15) is 0 Å². The van der Waals surface area contributed by atoms with E-state index in [0.717, 1.165) is 6.54 Å². The Morgan fingerprint density at radius 1 is 1.53 bits per heavy atom. The number of hydrogen-bond donors (Lipinski definition) is 2. The molecule has 1 heterocycles. The number of rotatable bonds is 4. The fourth-order valence-corrected chi connectivity index (χ4v) is 2.52. The summed E-state index contributed by atoms with van der Waals surface area (Å²) in [6.07, 6.45) is -0.0391. The van der Waals surface area contributed by atoms with E-state index < -0.39 is 10.0 Å². The lowest BCUT2D eigenvalue weighted by molar-refractivity contribution is 0.000207. The maximum atomic E-state index is 11.2. The van der Waals surface area contributed by atoms with Gasteiger partial charge in [0.15, 0.2) is 0 Å². The maximum Gasteiger partial charge on any atom is 0.238 e. The minimum absolute atomic E-state index is 0.0391. The van der Waals surface area contributed by atoms with E-state index in [9.17, 15) is 8.42 Å². The molecule has 1 aromatic rings. The SMILES string of the molecule is NS(=O)(=O)c1ccc(OC[C@@H]2CNCCO2)c(Cl)c1. The van der Waals surface area contributed by atoms with Crippen LogP contribution in [0.3, 0.4) is 0 Å². The van der Waals surface area contributed by atoms with E-state index in [4.69, 9.17) is 26.2 Å². The highest BCUT2D eigenvalue weighted by atomic mass is 35.5. The summed E-state index contributed by atoms with van der Waals surface area (Å²) in [5.41, 5.74) is 0. The highest BCUT2D eigenvalue weighted by Crippen LogP contribution is 2.27. The maximum absolute atomic E-state index is 11.2. The van der Waals surface area contributed by atoms with Crippen LogP contribution in [0.5, 0.6) is 5.75 Å². The summed E-state index contributed by atoms with van der Waals surface area (Å²) < 4.78 is 33.3. The highest BCUT2D eigenvalue weighted by molar-refractivity contribution is 7.89. The average Bonchev–Trinajstić information content (AvgIpc) is 2.37. The van der Waals surface area contributed by atoms with E-state index in [1.165, 1.54) is 18.2 Å². The van der Waals surface area contributed by atoms with E-state index in [-0.39, 0.29) is 16.0 Å². The first kappa shape index (κ1) is 14.5. The number of morpholine rings is 1. The third-order valence-corrected chi connectivity index (χ3v) is 3.87. The first-order valence-electron chi connectivity index (χ1n) is 5.74. The normalized spacial score (nSPS) is 20.2. The molecular weight excluding hydrogens is 292 g/mol. The van der Waals surface area contributed by atoms with Crippen molar-refractivity contribution < 1.29 is 17.9 Å². The molecule has 1 aliphatic heterocycles. The molecule has 0 aliphatic carbocycles. The van der Waals surface area contributed by atoms with Crippen LogP contribution < -0.4 is 15.2 Å². The smallest absolute Gasteiger partial charge is 0.238 e. The molecule has 6 nitrogen and oxygen atoms in total. The molecule has 19 heavy (non-hydrogen) atoms. The summed E-state index contributed by atoms with van der Waals surface area (Å²) in [6.45, 7) is 2.54. The summed E-state index contributed by atoms with van der Waals surface area (Å²) in [5, 5.41) is 8.40. The lowest BCUT2D eigenvalue weighted by Gasteiger charge is -2.23. The zero-order valence-corrected chi connectivity index (χ0v) is 11.7. The number of sulfonamides is 1. The summed E-state index contributed by atoms with van der Waals surface area (Å²) in [4.78, 5) is -0.0413. The summed E-state index contributed by atoms with van der Waals surface area (Å²) >= 11 is 5.95. The number of primary sulfonamides is 1. The minimum Gasteiger partial charge on any atom is -0.489 e. The number of ether oxygens (including phenoxy) is 2. The number of benzene rings is 1. The Labute approximate surface area is 116 Å². The third kappa shape index (κ3) is 4.05. The molecule has 1 saturated heterocycles. The second-order valence-corrected chi connectivity index (χ2v) is 6.11. The lowest BCUT2D eigenvalue weighted by atomic mass is 10.3. The van der Waals surface area contributed by atoms with Gasteiger partial charge in [0.05, 0.1) is 16.5 Å². The first-order valence-corrected chi connectivity index (χ1v) is 7.67. The first-order chi connectivity index (χ1) is 8.97. The predicted molar refractivity (Wildman–Crippen MR) is 70.9 cm³/mol. The van der Waals surface area contributed by atoms with Gasteiger partial charge in [-0.15, -0.1) is 0 Å². The number of halogens is 1. The Bertz CT molecular complexity index is 544. The van der Waals surface area contributed by atoms with Gasteiger partial charge in [-0.05, 0) is 18.2 Å². The van der Waals surface area contributed by atoms with Crippen molar-refractivity contribution in [2.45, 2.75) is 11.0 Å². The molecule has 0 saturated carbocycles. The second-order valence-electron chi connectivity index (χ2n) is 4.15. The summed E-state index contributed by atoms with van der Waals surface area (Å²) in [5.74, 6) is 0.406. The van der Waals surface area contributed by atoms with Gasteiger partial charge >= 0.3 is 0 Å². The van der Waals surface area contributed by atoms with Crippen molar-refractivity contribution in [2.24, 2.45) is 5.14 Å². The van der Waals surface area contributed by atoms with Gasteiger partial charge in [0, 0.05) is 13.1 Å². The Morgan fingerprint density at radius 2 is 2.32 bits per heavy atom. The number of hydrogen-bond acceptors (Lipinski definition) is 5. The molecule has 1 aliphatic rings. The fourth-order valence-electron chi connectivity index (χ4n) is 1.69. The number of nitrogens with two attached hydrogens (primary N) is 1. The molecule has 0 amide bonds. The van der Waals surface area contributed by atoms with Crippen LogP contribution in [0.2, 0.25) is 5.02 Å². The standard InChI is InChI=1S/C11H15ClN2O4S/c12-10-5-9(19(13,15)16)1-2-11(10)18-7-8-6-14-3-4-17-8/h1-2,5,8,14H,3-4,6-7H2,(H2,13,15,16)/t8-/m0/s1. The molecule has 0 bridgehead atoms. The van der Waals surface area contributed by atoms with Gasteiger partial charge < -0.3 is 14.8 Å². The van der Waals surface area contributed by atoms with Crippen LogP contribution in [0.15, 0.2) is 23.1 Å².